The molecule has 0 unspecified atom stereocenters. The fourth-order valence-electron chi connectivity index (χ4n) is 2.23. The molecule has 3 rings (SSSR count). The lowest BCUT2D eigenvalue weighted by atomic mass is 9.98. The zero-order valence-electron chi connectivity index (χ0n) is 10.4. The molecule has 4 heteroatoms. The maximum Gasteiger partial charge on any atom is 0.335 e. The molecule has 0 spiro atoms. The Bertz CT molecular complexity index is 812. The maximum absolute atomic E-state index is 11.0. The number of nitrogens with zero attached hydrogens (tertiary/aromatic N) is 1. The summed E-state index contributed by atoms with van der Waals surface area (Å²) >= 11 is 0. The number of carboxylic acids is 1. The van der Waals surface area contributed by atoms with Crippen LogP contribution in [0.1, 0.15) is 10.4 Å². The van der Waals surface area contributed by atoms with Crippen LogP contribution in [0, 0.1) is 0 Å². The summed E-state index contributed by atoms with van der Waals surface area (Å²) < 4.78 is 0. The largest absolute Gasteiger partial charge is 0.506 e. The van der Waals surface area contributed by atoms with Crippen molar-refractivity contribution in [2.75, 3.05) is 0 Å². The van der Waals surface area contributed by atoms with Gasteiger partial charge in [-0.2, -0.15) is 0 Å². The van der Waals surface area contributed by atoms with Crippen LogP contribution >= 0.6 is 0 Å². The van der Waals surface area contributed by atoms with E-state index < -0.39 is 5.97 Å². The van der Waals surface area contributed by atoms with E-state index in [1.807, 2.05) is 12.1 Å². The van der Waals surface area contributed by atoms with Gasteiger partial charge in [0.25, 0.3) is 0 Å². The third-order valence-electron chi connectivity index (χ3n) is 3.17. The van der Waals surface area contributed by atoms with Crippen LogP contribution in [0.5, 0.6) is 5.75 Å². The van der Waals surface area contributed by atoms with Gasteiger partial charge in [-0.1, -0.05) is 18.2 Å². The number of pyridine rings is 1. The van der Waals surface area contributed by atoms with E-state index in [-0.39, 0.29) is 11.3 Å². The Balaban J connectivity index is 2.27. The van der Waals surface area contributed by atoms with Crippen molar-refractivity contribution in [1.82, 2.24) is 4.98 Å². The molecular weight excluding hydrogens is 254 g/mol. The maximum atomic E-state index is 11.0. The lowest BCUT2D eigenvalue weighted by molar-refractivity contribution is 0.0697. The van der Waals surface area contributed by atoms with Crippen LogP contribution in [0.3, 0.4) is 0 Å². The molecule has 0 fully saturated rings. The lowest BCUT2D eigenvalue weighted by Crippen LogP contribution is -1.96. The molecule has 1 aromatic heterocycles. The van der Waals surface area contributed by atoms with Crippen molar-refractivity contribution in [3.8, 4) is 16.9 Å². The highest BCUT2D eigenvalue weighted by atomic mass is 16.4. The number of aromatic carboxylic acids is 1. The summed E-state index contributed by atoms with van der Waals surface area (Å²) in [6.07, 6.45) is 1.61. The van der Waals surface area contributed by atoms with Gasteiger partial charge in [-0.05, 0) is 41.5 Å². The summed E-state index contributed by atoms with van der Waals surface area (Å²) in [5, 5.41) is 19.7. The number of aromatic nitrogens is 1. The molecule has 0 bridgehead atoms. The van der Waals surface area contributed by atoms with Gasteiger partial charge in [0.05, 0.1) is 5.56 Å². The van der Waals surface area contributed by atoms with Gasteiger partial charge in [-0.3, -0.25) is 4.98 Å². The zero-order valence-corrected chi connectivity index (χ0v) is 10.4. The Morgan fingerprint density at radius 1 is 1.05 bits per heavy atom. The molecule has 0 atom stereocenters. The normalized spacial score (nSPS) is 10.6. The van der Waals surface area contributed by atoms with Gasteiger partial charge >= 0.3 is 5.97 Å². The van der Waals surface area contributed by atoms with Crippen LogP contribution in [0.15, 0.2) is 54.7 Å². The van der Waals surface area contributed by atoms with Crippen LogP contribution in [-0.4, -0.2) is 21.2 Å². The van der Waals surface area contributed by atoms with E-state index in [9.17, 15) is 9.90 Å². The topological polar surface area (TPSA) is 70.4 Å². The fraction of sp³-hybridized carbons (Fsp3) is 0. The molecule has 1 heterocycles. The number of hydrogen-bond acceptors (Lipinski definition) is 3. The average molecular weight is 265 g/mol. The molecule has 0 aliphatic rings. The van der Waals surface area contributed by atoms with Crippen molar-refractivity contribution < 1.29 is 15.0 Å². The van der Waals surface area contributed by atoms with Gasteiger partial charge in [0, 0.05) is 11.6 Å². The van der Waals surface area contributed by atoms with Gasteiger partial charge in [0.2, 0.25) is 0 Å². The van der Waals surface area contributed by atoms with Gasteiger partial charge < -0.3 is 10.2 Å². The number of hydrogen-bond donors (Lipinski definition) is 2. The van der Waals surface area contributed by atoms with Crippen molar-refractivity contribution in [3.05, 3.63) is 60.3 Å². The fourth-order valence-corrected chi connectivity index (χ4v) is 2.23. The Morgan fingerprint density at radius 2 is 1.90 bits per heavy atom. The highest BCUT2D eigenvalue weighted by molar-refractivity contribution is 5.99. The quantitative estimate of drug-likeness (QED) is 0.745. The predicted molar refractivity (Wildman–Crippen MR) is 75.8 cm³/mol. The molecule has 0 saturated carbocycles. The van der Waals surface area contributed by atoms with Crippen molar-refractivity contribution in [1.29, 1.82) is 0 Å². The number of rotatable bonds is 2. The number of phenols is 1. The predicted octanol–water partition coefficient (Wildman–Crippen LogP) is 3.31. The second kappa shape index (κ2) is 4.66. The van der Waals surface area contributed by atoms with Crippen molar-refractivity contribution >= 4 is 16.9 Å². The van der Waals surface area contributed by atoms with Gasteiger partial charge in [-0.15, -0.1) is 0 Å². The second-order valence-corrected chi connectivity index (χ2v) is 4.42. The molecule has 4 nitrogen and oxygen atoms in total. The summed E-state index contributed by atoms with van der Waals surface area (Å²) in [6, 6.07) is 13.7. The zero-order chi connectivity index (χ0) is 14.1. The molecule has 0 aliphatic carbocycles. The molecular formula is C16H11NO3. The van der Waals surface area contributed by atoms with Crippen LogP contribution < -0.4 is 0 Å². The van der Waals surface area contributed by atoms with Gasteiger partial charge in [0.1, 0.15) is 11.3 Å². The first kappa shape index (κ1) is 12.2. The molecule has 0 radical (unpaired) electrons. The van der Waals surface area contributed by atoms with Crippen LogP contribution in [0.2, 0.25) is 0 Å². The van der Waals surface area contributed by atoms with Crippen LogP contribution in [0.25, 0.3) is 22.0 Å². The Hall–Kier alpha value is -2.88. The Kier molecular flexibility index (Phi) is 2.84. The third-order valence-corrected chi connectivity index (χ3v) is 3.17. The smallest absolute Gasteiger partial charge is 0.335 e. The summed E-state index contributed by atoms with van der Waals surface area (Å²) in [6.45, 7) is 0. The molecule has 2 N–H and O–H groups in total. The highest BCUT2D eigenvalue weighted by Gasteiger charge is 2.10. The second-order valence-electron chi connectivity index (χ2n) is 4.42. The third kappa shape index (κ3) is 1.97. The number of carbonyl (C=O) groups is 1. The molecule has 98 valence electrons. The first-order chi connectivity index (χ1) is 9.66. The van der Waals surface area contributed by atoms with E-state index in [0.717, 1.165) is 16.5 Å². The SMILES string of the molecule is O=C(O)c1cccc(-c2ccc(O)c3ncccc23)c1. The van der Waals surface area contributed by atoms with Crippen molar-refractivity contribution in [3.63, 3.8) is 0 Å². The first-order valence-corrected chi connectivity index (χ1v) is 6.07. The first-order valence-electron chi connectivity index (χ1n) is 6.07. The van der Waals surface area contributed by atoms with Gasteiger partial charge in [0.15, 0.2) is 0 Å². The standard InChI is InChI=1S/C16H11NO3/c18-14-7-6-12(13-5-2-8-17-15(13)14)10-3-1-4-11(9-10)16(19)20/h1-9,18H,(H,19,20). The summed E-state index contributed by atoms with van der Waals surface area (Å²) in [7, 11) is 0. The van der Waals surface area contributed by atoms with E-state index in [2.05, 4.69) is 4.98 Å². The van der Waals surface area contributed by atoms with Crippen molar-refractivity contribution in [2.24, 2.45) is 0 Å². The minimum Gasteiger partial charge on any atom is -0.506 e. The van der Waals surface area contributed by atoms with E-state index in [4.69, 9.17) is 5.11 Å². The Morgan fingerprint density at radius 3 is 2.70 bits per heavy atom. The summed E-state index contributed by atoms with van der Waals surface area (Å²) in [5.74, 6) is -0.855. The van der Waals surface area contributed by atoms with Crippen molar-refractivity contribution in [2.45, 2.75) is 0 Å². The summed E-state index contributed by atoms with van der Waals surface area (Å²) in [4.78, 5) is 15.2. The lowest BCUT2D eigenvalue weighted by Gasteiger charge is -2.08. The monoisotopic (exact) mass is 265 g/mol. The van der Waals surface area contributed by atoms with Crippen LogP contribution in [0.4, 0.5) is 0 Å². The number of benzene rings is 2. The molecule has 0 aliphatic heterocycles. The average Bonchev–Trinajstić information content (AvgIpc) is 2.48. The molecule has 3 aromatic rings. The highest BCUT2D eigenvalue weighted by Crippen LogP contribution is 2.32. The number of fused-ring (bicyclic) bond motifs is 1. The Labute approximate surface area is 115 Å². The van der Waals surface area contributed by atoms with Gasteiger partial charge in [-0.25, -0.2) is 4.79 Å². The number of carboxylic acid groups (broad SMARTS) is 1. The number of aromatic hydroxyl groups is 1. The van der Waals surface area contributed by atoms with E-state index in [1.54, 1.807) is 42.6 Å². The summed E-state index contributed by atoms with van der Waals surface area (Å²) in [5.41, 5.74) is 2.36. The van der Waals surface area contributed by atoms with E-state index >= 15 is 0 Å². The molecule has 0 amide bonds. The minimum atomic E-state index is -0.965. The van der Waals surface area contributed by atoms with E-state index in [1.165, 1.54) is 0 Å². The minimum absolute atomic E-state index is 0.110. The van der Waals surface area contributed by atoms with Crippen LogP contribution in [-0.2, 0) is 0 Å². The molecule has 0 saturated heterocycles. The molecule has 20 heavy (non-hydrogen) atoms. The molecule has 2 aromatic carbocycles. The number of phenolic OH excluding ortho intramolecular Hbond substituents is 1. The van der Waals surface area contributed by atoms with E-state index in [0.29, 0.717) is 5.52 Å².